The van der Waals surface area contributed by atoms with Crippen molar-refractivity contribution in [3.8, 4) is 34.1 Å². The first-order valence-electron chi connectivity index (χ1n) is 11.3. The molecule has 0 aliphatic rings. The summed E-state index contributed by atoms with van der Waals surface area (Å²) < 4.78 is 40.1. The molecule has 5 rings (SSSR count). The van der Waals surface area contributed by atoms with E-state index in [4.69, 9.17) is 14.5 Å². The zero-order valence-electron chi connectivity index (χ0n) is 20.1. The van der Waals surface area contributed by atoms with Crippen LogP contribution in [-0.4, -0.2) is 55.1 Å². The standard InChI is InChI=1S/C25H24N6O4S2/c1-34-18-6-8-20(9-7-18)37(32,33)28-13-12-27-24-26-11-10-21(29-24)23-22(30-25-31(23)14-15-36-25)17-4-3-5-19(16-17)35-2/h3-11,14-16,28H,12-13H2,1-2H3,(H,26,27,29). The van der Waals surface area contributed by atoms with Crippen LogP contribution in [0.3, 0.4) is 0 Å². The predicted octanol–water partition coefficient (Wildman–Crippen LogP) is 3.93. The van der Waals surface area contributed by atoms with Crippen molar-refractivity contribution < 1.29 is 17.9 Å². The van der Waals surface area contributed by atoms with Crippen LogP contribution in [0.1, 0.15) is 0 Å². The maximum atomic E-state index is 12.5. The lowest BCUT2D eigenvalue weighted by atomic mass is 10.1. The van der Waals surface area contributed by atoms with Gasteiger partial charge < -0.3 is 14.8 Å². The molecular formula is C25H24N6O4S2. The molecule has 190 valence electrons. The van der Waals surface area contributed by atoms with Gasteiger partial charge in [-0.2, -0.15) is 0 Å². The molecule has 0 fully saturated rings. The van der Waals surface area contributed by atoms with E-state index in [1.807, 2.05) is 46.3 Å². The molecule has 2 aromatic carbocycles. The van der Waals surface area contributed by atoms with E-state index in [2.05, 4.69) is 20.0 Å². The number of nitrogens with zero attached hydrogens (tertiary/aromatic N) is 4. The summed E-state index contributed by atoms with van der Waals surface area (Å²) in [5, 5.41) is 5.06. The molecule has 0 spiro atoms. The number of imidazole rings is 1. The third-order valence-corrected chi connectivity index (χ3v) is 7.81. The van der Waals surface area contributed by atoms with Gasteiger partial charge in [-0.1, -0.05) is 12.1 Å². The normalized spacial score (nSPS) is 11.5. The van der Waals surface area contributed by atoms with E-state index < -0.39 is 10.0 Å². The van der Waals surface area contributed by atoms with Gasteiger partial charge in [-0.3, -0.25) is 4.40 Å². The summed E-state index contributed by atoms with van der Waals surface area (Å²) in [4.78, 5) is 14.8. The highest BCUT2D eigenvalue weighted by Crippen LogP contribution is 2.34. The maximum Gasteiger partial charge on any atom is 0.240 e. The monoisotopic (exact) mass is 536 g/mol. The molecule has 0 atom stereocenters. The van der Waals surface area contributed by atoms with Crippen molar-refractivity contribution in [2.45, 2.75) is 4.90 Å². The lowest BCUT2D eigenvalue weighted by molar-refractivity contribution is 0.414. The Labute approximate surface area is 218 Å². The number of aromatic nitrogens is 4. The molecule has 0 aliphatic heterocycles. The first-order chi connectivity index (χ1) is 18.0. The number of benzene rings is 2. The van der Waals surface area contributed by atoms with Gasteiger partial charge in [-0.15, -0.1) is 11.3 Å². The second kappa shape index (κ2) is 10.5. The van der Waals surface area contributed by atoms with E-state index in [0.29, 0.717) is 23.9 Å². The Morgan fingerprint density at radius 3 is 2.57 bits per heavy atom. The summed E-state index contributed by atoms with van der Waals surface area (Å²) in [6.07, 6.45) is 3.61. The number of anilines is 1. The van der Waals surface area contributed by atoms with E-state index in [9.17, 15) is 8.42 Å². The van der Waals surface area contributed by atoms with Gasteiger partial charge in [0.2, 0.25) is 16.0 Å². The second-order valence-electron chi connectivity index (χ2n) is 7.86. The van der Waals surface area contributed by atoms with Gasteiger partial charge in [0.05, 0.1) is 30.5 Å². The smallest absolute Gasteiger partial charge is 0.240 e. The molecule has 2 N–H and O–H groups in total. The van der Waals surface area contributed by atoms with Crippen molar-refractivity contribution in [1.82, 2.24) is 24.1 Å². The van der Waals surface area contributed by atoms with Gasteiger partial charge in [0.25, 0.3) is 0 Å². The zero-order valence-corrected chi connectivity index (χ0v) is 21.7. The number of methoxy groups -OCH3 is 2. The molecule has 12 heteroatoms. The first-order valence-corrected chi connectivity index (χ1v) is 13.7. The molecule has 0 radical (unpaired) electrons. The fourth-order valence-corrected chi connectivity index (χ4v) is 5.52. The highest BCUT2D eigenvalue weighted by molar-refractivity contribution is 7.89. The number of nitrogens with one attached hydrogen (secondary N) is 2. The molecule has 3 aromatic heterocycles. The molecule has 0 saturated carbocycles. The van der Waals surface area contributed by atoms with Crippen LogP contribution in [0.2, 0.25) is 0 Å². The Morgan fingerprint density at radius 1 is 0.973 bits per heavy atom. The minimum atomic E-state index is -3.65. The molecule has 0 aliphatic carbocycles. The number of rotatable bonds is 10. The largest absolute Gasteiger partial charge is 0.497 e. The van der Waals surface area contributed by atoms with E-state index in [1.165, 1.54) is 30.6 Å². The maximum absolute atomic E-state index is 12.5. The van der Waals surface area contributed by atoms with Gasteiger partial charge in [0.1, 0.15) is 17.2 Å². The van der Waals surface area contributed by atoms with Crippen molar-refractivity contribution in [2.24, 2.45) is 0 Å². The van der Waals surface area contributed by atoms with Crippen LogP contribution < -0.4 is 19.5 Å². The fourth-order valence-electron chi connectivity index (χ4n) is 3.78. The number of hydrogen-bond donors (Lipinski definition) is 2. The lowest BCUT2D eigenvalue weighted by Gasteiger charge is -2.10. The molecule has 0 unspecified atom stereocenters. The highest BCUT2D eigenvalue weighted by Gasteiger charge is 2.19. The Balaban J connectivity index is 1.33. The summed E-state index contributed by atoms with van der Waals surface area (Å²) in [5.41, 5.74) is 3.20. The van der Waals surface area contributed by atoms with E-state index in [-0.39, 0.29) is 11.4 Å². The number of fused-ring (bicyclic) bond motifs is 1. The Hall–Kier alpha value is -4.00. The minimum absolute atomic E-state index is 0.151. The van der Waals surface area contributed by atoms with Crippen LogP contribution in [0.5, 0.6) is 11.5 Å². The molecule has 10 nitrogen and oxygen atoms in total. The number of sulfonamides is 1. The van der Waals surface area contributed by atoms with Crippen LogP contribution in [0.4, 0.5) is 5.95 Å². The molecule has 5 aromatic rings. The minimum Gasteiger partial charge on any atom is -0.497 e. The zero-order chi connectivity index (χ0) is 25.8. The van der Waals surface area contributed by atoms with Crippen molar-refractivity contribution in [3.05, 3.63) is 72.4 Å². The van der Waals surface area contributed by atoms with Crippen molar-refractivity contribution in [1.29, 1.82) is 0 Å². The SMILES string of the molecule is COc1ccc(S(=O)(=O)NCCNc2nccc(-c3c(-c4cccc(OC)c4)nc4sccn34)n2)cc1. The molecular weight excluding hydrogens is 512 g/mol. The van der Waals surface area contributed by atoms with Gasteiger partial charge in [-0.05, 0) is 42.5 Å². The first kappa shape index (κ1) is 24.7. The van der Waals surface area contributed by atoms with Crippen molar-refractivity contribution in [3.63, 3.8) is 0 Å². The van der Waals surface area contributed by atoms with Crippen LogP contribution >= 0.6 is 11.3 Å². The topological polar surface area (TPSA) is 120 Å². The molecule has 0 amide bonds. The summed E-state index contributed by atoms with van der Waals surface area (Å²) in [5.74, 6) is 1.70. The van der Waals surface area contributed by atoms with Crippen molar-refractivity contribution >= 4 is 32.3 Å². The predicted molar refractivity (Wildman–Crippen MR) is 143 cm³/mol. The quantitative estimate of drug-likeness (QED) is 0.258. The summed E-state index contributed by atoms with van der Waals surface area (Å²) in [6.45, 7) is 0.445. The molecule has 3 heterocycles. The van der Waals surface area contributed by atoms with Crippen LogP contribution in [0, 0.1) is 0 Å². The summed E-state index contributed by atoms with van der Waals surface area (Å²) in [6, 6.07) is 15.7. The fraction of sp³-hybridized carbons (Fsp3) is 0.160. The average molecular weight is 537 g/mol. The Morgan fingerprint density at radius 2 is 1.78 bits per heavy atom. The van der Waals surface area contributed by atoms with E-state index >= 15 is 0 Å². The molecule has 0 bridgehead atoms. The van der Waals surface area contributed by atoms with Gasteiger partial charge in [-0.25, -0.2) is 28.1 Å². The van der Waals surface area contributed by atoms with Gasteiger partial charge in [0.15, 0.2) is 4.96 Å². The molecule has 37 heavy (non-hydrogen) atoms. The Bertz CT molecular complexity index is 1630. The third kappa shape index (κ3) is 5.26. The van der Waals surface area contributed by atoms with Crippen molar-refractivity contribution in [2.75, 3.05) is 32.6 Å². The van der Waals surface area contributed by atoms with E-state index in [0.717, 1.165) is 27.7 Å². The van der Waals surface area contributed by atoms with Crippen LogP contribution in [-0.2, 0) is 10.0 Å². The summed E-state index contributed by atoms with van der Waals surface area (Å²) in [7, 11) is -0.492. The molecule has 0 saturated heterocycles. The van der Waals surface area contributed by atoms with Crippen LogP contribution in [0.25, 0.3) is 27.6 Å². The second-order valence-corrected chi connectivity index (χ2v) is 10.5. The van der Waals surface area contributed by atoms with Crippen LogP contribution in [0.15, 0.2) is 77.3 Å². The Kier molecular flexibility index (Phi) is 7.04. The number of hydrogen-bond acceptors (Lipinski definition) is 9. The van der Waals surface area contributed by atoms with E-state index in [1.54, 1.807) is 25.4 Å². The van der Waals surface area contributed by atoms with Gasteiger partial charge >= 0.3 is 0 Å². The highest BCUT2D eigenvalue weighted by atomic mass is 32.2. The third-order valence-electron chi connectivity index (χ3n) is 5.57. The summed E-state index contributed by atoms with van der Waals surface area (Å²) >= 11 is 1.53. The average Bonchev–Trinajstić information content (AvgIpc) is 3.53. The van der Waals surface area contributed by atoms with Gasteiger partial charge in [0, 0.05) is 36.4 Å². The lowest BCUT2D eigenvalue weighted by Crippen LogP contribution is -2.29. The number of thiazole rings is 1. The number of ether oxygens (including phenoxy) is 2.